The second-order valence-corrected chi connectivity index (χ2v) is 7.79. The van der Waals surface area contributed by atoms with Crippen molar-refractivity contribution in [2.45, 2.75) is 26.3 Å². The predicted molar refractivity (Wildman–Crippen MR) is 126 cm³/mol. The molecule has 2 rings (SSSR count). The van der Waals surface area contributed by atoms with Crippen molar-refractivity contribution in [2.75, 3.05) is 25.2 Å². The van der Waals surface area contributed by atoms with Gasteiger partial charge in [-0.3, -0.25) is 10.2 Å². The Labute approximate surface area is 182 Å². The third-order valence-electron chi connectivity index (χ3n) is 4.17. The molecule has 7 N–H and O–H groups in total. The first-order valence-corrected chi connectivity index (χ1v) is 9.61. The van der Waals surface area contributed by atoms with Crippen molar-refractivity contribution in [1.29, 1.82) is 10.8 Å². The molecule has 0 spiro atoms. The number of nitrogens with two attached hydrogens (primary N) is 1. The van der Waals surface area contributed by atoms with Gasteiger partial charge in [-0.15, -0.1) is 0 Å². The van der Waals surface area contributed by atoms with Crippen molar-refractivity contribution in [2.24, 2.45) is 4.99 Å². The third kappa shape index (κ3) is 6.30. The maximum Gasteiger partial charge on any atom is 0.255 e. The van der Waals surface area contributed by atoms with Crippen molar-refractivity contribution >= 4 is 35.3 Å². The summed E-state index contributed by atoms with van der Waals surface area (Å²) in [5, 5.41) is 24.6. The molecule has 1 amide bonds. The van der Waals surface area contributed by atoms with Crippen LogP contribution in [0.2, 0.25) is 0 Å². The van der Waals surface area contributed by atoms with Gasteiger partial charge >= 0.3 is 0 Å². The van der Waals surface area contributed by atoms with Crippen LogP contribution in [0.1, 0.15) is 42.3 Å². The average molecular weight is 424 g/mol. The van der Waals surface area contributed by atoms with E-state index in [9.17, 15) is 4.79 Å². The Bertz CT molecular complexity index is 1020. The van der Waals surface area contributed by atoms with E-state index in [2.05, 4.69) is 20.9 Å². The number of anilines is 2. The Balaban J connectivity index is 2.27. The maximum atomic E-state index is 12.5. The number of hydrogen-bond donors (Lipinski definition) is 6. The summed E-state index contributed by atoms with van der Waals surface area (Å²) in [6.45, 7) is 5.69. The largest absolute Gasteiger partial charge is 0.496 e. The molecule has 0 fully saturated rings. The molecule has 0 radical (unpaired) electrons. The van der Waals surface area contributed by atoms with Gasteiger partial charge in [0.15, 0.2) is 5.84 Å². The second-order valence-electron chi connectivity index (χ2n) is 7.79. The predicted octanol–water partition coefficient (Wildman–Crippen LogP) is 2.82. The molecule has 164 valence electrons. The number of guanidine groups is 1. The van der Waals surface area contributed by atoms with Gasteiger partial charge < -0.3 is 31.8 Å². The zero-order valence-electron chi connectivity index (χ0n) is 18.4. The van der Waals surface area contributed by atoms with Gasteiger partial charge in [-0.05, 0) is 51.1 Å². The van der Waals surface area contributed by atoms with Crippen LogP contribution in [0.3, 0.4) is 0 Å². The van der Waals surface area contributed by atoms with Crippen LogP contribution in [0.5, 0.6) is 5.75 Å². The lowest BCUT2D eigenvalue weighted by Gasteiger charge is -2.21. The zero-order valence-corrected chi connectivity index (χ0v) is 18.4. The highest BCUT2D eigenvalue weighted by molar-refractivity contribution is 6.09. The molecule has 31 heavy (non-hydrogen) atoms. The molecule has 2 aromatic carbocycles. The standard InChI is InChI=1S/C22H29N7O2/c1-22(2,3)29-20(30)16-8-6-13(11-18(16)31-5)19(25)28-21(26-4)27-15-7-9-17(24)14(10-15)12-23/h6-12,23H,24H2,1-5H3,(H,29,30)(H3,25,26,27,28). The number of nitrogen functional groups attached to an aromatic ring is 1. The van der Waals surface area contributed by atoms with Crippen molar-refractivity contribution in [3.63, 3.8) is 0 Å². The number of nitrogens with zero attached hydrogens (tertiary/aromatic N) is 1. The molecular weight excluding hydrogens is 394 g/mol. The topological polar surface area (TPSA) is 148 Å². The minimum Gasteiger partial charge on any atom is -0.496 e. The lowest BCUT2D eigenvalue weighted by Crippen LogP contribution is -2.40. The van der Waals surface area contributed by atoms with Gasteiger partial charge in [-0.25, -0.2) is 0 Å². The fourth-order valence-corrected chi connectivity index (χ4v) is 2.67. The molecule has 9 nitrogen and oxygen atoms in total. The molecular formula is C22H29N7O2. The molecule has 0 bridgehead atoms. The molecule has 0 saturated carbocycles. The Morgan fingerprint density at radius 2 is 1.90 bits per heavy atom. The van der Waals surface area contributed by atoms with Gasteiger partial charge in [-0.2, -0.15) is 4.99 Å². The van der Waals surface area contributed by atoms with Gasteiger partial charge in [0.2, 0.25) is 5.96 Å². The first kappa shape index (κ1) is 23.4. The van der Waals surface area contributed by atoms with Crippen LogP contribution in [0.4, 0.5) is 11.4 Å². The first-order valence-electron chi connectivity index (χ1n) is 9.61. The smallest absolute Gasteiger partial charge is 0.255 e. The quantitative estimate of drug-likeness (QED) is 0.248. The van der Waals surface area contributed by atoms with Gasteiger partial charge in [0.25, 0.3) is 5.91 Å². The molecule has 0 aliphatic carbocycles. The van der Waals surface area contributed by atoms with E-state index in [0.717, 1.165) is 0 Å². The molecule has 0 atom stereocenters. The summed E-state index contributed by atoms with van der Waals surface area (Å²) in [6.07, 6.45) is 1.17. The number of amides is 1. The maximum absolute atomic E-state index is 12.5. The molecule has 9 heteroatoms. The Kier molecular flexibility index (Phi) is 7.36. The number of benzene rings is 2. The van der Waals surface area contributed by atoms with Crippen LogP contribution in [-0.4, -0.2) is 43.6 Å². The van der Waals surface area contributed by atoms with Gasteiger partial charge in [-0.1, -0.05) is 6.07 Å². The van der Waals surface area contributed by atoms with Crippen LogP contribution in [-0.2, 0) is 0 Å². The lowest BCUT2D eigenvalue weighted by molar-refractivity contribution is 0.0916. The number of amidine groups is 1. The monoisotopic (exact) mass is 423 g/mol. The first-order chi connectivity index (χ1) is 14.6. The fraction of sp³-hybridized carbons (Fsp3) is 0.273. The number of rotatable bonds is 5. The highest BCUT2D eigenvalue weighted by Gasteiger charge is 2.19. The normalized spacial score (nSPS) is 11.5. The van der Waals surface area contributed by atoms with Crippen LogP contribution < -0.4 is 26.4 Å². The van der Waals surface area contributed by atoms with E-state index in [0.29, 0.717) is 39.8 Å². The number of carbonyl (C=O) groups excluding carboxylic acids is 1. The zero-order chi connectivity index (χ0) is 23.2. The Hall–Kier alpha value is -3.88. The second kappa shape index (κ2) is 9.75. The van der Waals surface area contributed by atoms with E-state index in [1.54, 1.807) is 43.4 Å². The average Bonchev–Trinajstić information content (AvgIpc) is 2.72. The fourth-order valence-electron chi connectivity index (χ4n) is 2.67. The summed E-state index contributed by atoms with van der Waals surface area (Å²) in [6, 6.07) is 10.0. The Morgan fingerprint density at radius 3 is 2.48 bits per heavy atom. The summed E-state index contributed by atoms with van der Waals surface area (Å²) >= 11 is 0. The van der Waals surface area contributed by atoms with Crippen molar-refractivity contribution < 1.29 is 9.53 Å². The molecule has 0 heterocycles. The highest BCUT2D eigenvalue weighted by atomic mass is 16.5. The SMILES string of the molecule is CN/C(=N\C(=N)c1ccc(C(=O)NC(C)(C)C)c(OC)c1)Nc1ccc(N)c(C=N)c1. The summed E-state index contributed by atoms with van der Waals surface area (Å²) in [5.74, 6) is 0.404. The minimum absolute atomic E-state index is 0.0272. The van der Waals surface area contributed by atoms with Gasteiger partial charge in [0.05, 0.1) is 12.7 Å². The summed E-state index contributed by atoms with van der Waals surface area (Å²) in [4.78, 5) is 16.8. The van der Waals surface area contributed by atoms with Gasteiger partial charge in [0.1, 0.15) is 5.75 Å². The van der Waals surface area contributed by atoms with Crippen LogP contribution in [0, 0.1) is 10.8 Å². The number of hydrogen-bond acceptors (Lipinski definition) is 5. The van der Waals surface area contributed by atoms with E-state index in [1.807, 2.05) is 20.8 Å². The number of ether oxygens (including phenoxy) is 1. The highest BCUT2D eigenvalue weighted by Crippen LogP contribution is 2.22. The summed E-state index contributed by atoms with van der Waals surface area (Å²) in [5.41, 5.74) is 8.03. The van der Waals surface area contributed by atoms with Crippen LogP contribution >= 0.6 is 0 Å². The van der Waals surface area contributed by atoms with E-state index < -0.39 is 0 Å². The molecule has 0 aromatic heterocycles. The van der Waals surface area contributed by atoms with Crippen LogP contribution in [0.25, 0.3) is 0 Å². The van der Waals surface area contributed by atoms with E-state index in [-0.39, 0.29) is 17.3 Å². The molecule has 0 aliphatic heterocycles. The lowest BCUT2D eigenvalue weighted by atomic mass is 10.1. The van der Waals surface area contributed by atoms with E-state index in [1.165, 1.54) is 13.3 Å². The number of carbonyl (C=O) groups is 1. The minimum atomic E-state index is -0.384. The van der Waals surface area contributed by atoms with Crippen molar-refractivity contribution in [3.05, 3.63) is 53.1 Å². The van der Waals surface area contributed by atoms with Crippen LogP contribution in [0.15, 0.2) is 41.4 Å². The van der Waals surface area contributed by atoms with E-state index >= 15 is 0 Å². The number of aliphatic imine (C=N–C) groups is 1. The molecule has 2 aromatic rings. The summed E-state index contributed by atoms with van der Waals surface area (Å²) < 4.78 is 5.37. The Morgan fingerprint density at radius 1 is 1.19 bits per heavy atom. The van der Waals surface area contributed by atoms with Crippen molar-refractivity contribution in [1.82, 2.24) is 10.6 Å². The van der Waals surface area contributed by atoms with Gasteiger partial charge in [0, 0.05) is 41.3 Å². The van der Waals surface area contributed by atoms with E-state index in [4.69, 9.17) is 21.3 Å². The number of nitrogens with one attached hydrogen (secondary N) is 5. The summed E-state index contributed by atoms with van der Waals surface area (Å²) in [7, 11) is 3.15. The molecule has 0 aliphatic rings. The van der Waals surface area contributed by atoms with Crippen molar-refractivity contribution in [3.8, 4) is 5.75 Å². The molecule has 0 unspecified atom stereocenters. The number of methoxy groups -OCH3 is 1. The third-order valence-corrected chi connectivity index (χ3v) is 4.17. The molecule has 0 saturated heterocycles.